The number of hydrogen-bond donors (Lipinski definition) is 2. The van der Waals surface area contributed by atoms with Crippen molar-refractivity contribution in [2.24, 2.45) is 0 Å². The molecule has 164 valence electrons. The zero-order valence-corrected chi connectivity index (χ0v) is 16.7. The molecular formula is C22H18F3N5O2. The van der Waals surface area contributed by atoms with Gasteiger partial charge in [-0.3, -0.25) is 9.78 Å². The summed E-state index contributed by atoms with van der Waals surface area (Å²) in [5, 5.41) is 5.61. The van der Waals surface area contributed by atoms with Crippen molar-refractivity contribution in [2.75, 3.05) is 17.2 Å². The number of nitrogens with zero attached hydrogens (tertiary/aromatic N) is 3. The number of rotatable bonds is 5. The van der Waals surface area contributed by atoms with E-state index >= 15 is 0 Å². The topological polar surface area (TPSA) is 89.0 Å². The summed E-state index contributed by atoms with van der Waals surface area (Å²) in [6.45, 7) is 0.610. The molecule has 0 spiro atoms. The van der Waals surface area contributed by atoms with Gasteiger partial charge in [-0.2, -0.15) is 13.2 Å². The zero-order valence-electron chi connectivity index (χ0n) is 16.7. The molecule has 0 radical (unpaired) electrons. The molecule has 3 aromatic heterocycles. The van der Waals surface area contributed by atoms with E-state index in [4.69, 9.17) is 4.74 Å². The Bertz CT molecular complexity index is 1150. The maximum atomic E-state index is 12.8. The van der Waals surface area contributed by atoms with Crippen LogP contribution in [0.25, 0.3) is 5.76 Å². The van der Waals surface area contributed by atoms with Gasteiger partial charge in [0, 0.05) is 29.7 Å². The second-order valence-corrected chi connectivity index (χ2v) is 6.92. The van der Waals surface area contributed by atoms with E-state index in [2.05, 4.69) is 25.6 Å². The van der Waals surface area contributed by atoms with Gasteiger partial charge < -0.3 is 15.4 Å². The summed E-state index contributed by atoms with van der Waals surface area (Å²) in [5.74, 6) is 0.717. The van der Waals surface area contributed by atoms with Crippen LogP contribution < -0.4 is 10.6 Å². The van der Waals surface area contributed by atoms with Gasteiger partial charge in [-0.15, -0.1) is 0 Å². The van der Waals surface area contributed by atoms with Gasteiger partial charge in [0.25, 0.3) is 5.91 Å². The lowest BCUT2D eigenvalue weighted by atomic mass is 10.1. The predicted molar refractivity (Wildman–Crippen MR) is 112 cm³/mol. The van der Waals surface area contributed by atoms with Crippen molar-refractivity contribution in [1.82, 2.24) is 15.0 Å². The molecule has 3 aromatic rings. The van der Waals surface area contributed by atoms with Crippen molar-refractivity contribution < 1.29 is 22.7 Å². The Morgan fingerprint density at radius 1 is 1.03 bits per heavy atom. The van der Waals surface area contributed by atoms with E-state index in [1.54, 1.807) is 18.5 Å². The number of nitrogens with one attached hydrogen (secondary N) is 2. The summed E-state index contributed by atoms with van der Waals surface area (Å²) in [4.78, 5) is 24.7. The third-order valence-corrected chi connectivity index (χ3v) is 4.64. The molecule has 0 saturated carbocycles. The fourth-order valence-electron chi connectivity index (χ4n) is 3.06. The normalized spacial score (nSPS) is 13.7. The molecule has 0 aromatic carbocycles. The number of pyridine rings is 3. The highest BCUT2D eigenvalue weighted by atomic mass is 19.4. The maximum absolute atomic E-state index is 12.8. The minimum absolute atomic E-state index is 0.166. The highest BCUT2D eigenvalue weighted by Gasteiger charge is 2.30. The van der Waals surface area contributed by atoms with E-state index in [1.165, 1.54) is 24.4 Å². The lowest BCUT2D eigenvalue weighted by Crippen LogP contribution is -2.14. The zero-order chi connectivity index (χ0) is 22.6. The van der Waals surface area contributed by atoms with Crippen molar-refractivity contribution in [3.63, 3.8) is 0 Å². The molecule has 0 atom stereocenters. The molecule has 7 nitrogen and oxygen atoms in total. The molecule has 32 heavy (non-hydrogen) atoms. The number of alkyl halides is 3. The van der Waals surface area contributed by atoms with Crippen molar-refractivity contribution >= 4 is 29.0 Å². The van der Waals surface area contributed by atoms with Gasteiger partial charge >= 0.3 is 6.18 Å². The quantitative estimate of drug-likeness (QED) is 0.577. The second kappa shape index (κ2) is 9.04. The van der Waals surface area contributed by atoms with Gasteiger partial charge in [0.15, 0.2) is 0 Å². The molecule has 1 aliphatic heterocycles. The Morgan fingerprint density at radius 2 is 1.91 bits per heavy atom. The largest absolute Gasteiger partial charge is 0.493 e. The van der Waals surface area contributed by atoms with Gasteiger partial charge in [-0.1, -0.05) is 0 Å². The van der Waals surface area contributed by atoms with Crippen molar-refractivity contribution in [3.8, 4) is 0 Å². The standard InChI is InChI=1S/C22H18F3N5O2/c23-22(24,25)15-4-5-19(28-12-15)30-20-11-14(6-9-27-20)21(31)29-17-13-26-8-7-16(17)18-3-1-2-10-32-18/h3-9,11-13H,1-2,10H2,(H,29,31)(H,27,28,30). The number of carbonyl (C=O) groups excluding carboxylic acids is 1. The molecule has 10 heteroatoms. The first-order chi connectivity index (χ1) is 15.4. The summed E-state index contributed by atoms with van der Waals surface area (Å²) in [5.41, 5.74) is 0.673. The summed E-state index contributed by atoms with van der Waals surface area (Å²) >= 11 is 0. The highest BCUT2D eigenvalue weighted by molar-refractivity contribution is 6.05. The van der Waals surface area contributed by atoms with Gasteiger partial charge in [0.2, 0.25) is 0 Å². The molecule has 0 saturated heterocycles. The van der Waals surface area contributed by atoms with Crippen LogP contribution in [0.4, 0.5) is 30.5 Å². The molecule has 4 rings (SSSR count). The van der Waals surface area contributed by atoms with Crippen LogP contribution in [0.2, 0.25) is 0 Å². The number of hydrogen-bond acceptors (Lipinski definition) is 6. The maximum Gasteiger partial charge on any atom is 0.417 e. The van der Waals surface area contributed by atoms with Crippen LogP contribution in [-0.4, -0.2) is 27.5 Å². The van der Waals surface area contributed by atoms with Crippen molar-refractivity contribution in [3.05, 3.63) is 77.9 Å². The Hall–Kier alpha value is -3.95. The Balaban J connectivity index is 1.49. The first-order valence-corrected chi connectivity index (χ1v) is 9.75. The third kappa shape index (κ3) is 5.02. The number of anilines is 3. The number of ether oxygens (including phenoxy) is 1. The molecular weight excluding hydrogens is 423 g/mol. The van der Waals surface area contributed by atoms with Gasteiger partial charge in [0.05, 0.1) is 24.1 Å². The Morgan fingerprint density at radius 3 is 2.62 bits per heavy atom. The molecule has 2 N–H and O–H groups in total. The summed E-state index contributed by atoms with van der Waals surface area (Å²) < 4.78 is 43.7. The first-order valence-electron chi connectivity index (χ1n) is 9.75. The number of carbonyl (C=O) groups is 1. The van der Waals surface area contributed by atoms with Gasteiger partial charge in [-0.05, 0) is 49.2 Å². The van der Waals surface area contributed by atoms with Crippen LogP contribution in [0, 0.1) is 0 Å². The summed E-state index contributed by atoms with van der Waals surface area (Å²) in [6, 6.07) is 6.87. The lowest BCUT2D eigenvalue weighted by Gasteiger charge is -2.18. The molecule has 0 unspecified atom stereocenters. The monoisotopic (exact) mass is 441 g/mol. The van der Waals surface area contributed by atoms with Crippen LogP contribution >= 0.6 is 0 Å². The molecule has 1 aliphatic rings. The third-order valence-electron chi connectivity index (χ3n) is 4.64. The van der Waals surface area contributed by atoms with Crippen LogP contribution in [0.1, 0.15) is 34.3 Å². The highest BCUT2D eigenvalue weighted by Crippen LogP contribution is 2.30. The molecule has 0 aliphatic carbocycles. The summed E-state index contributed by atoms with van der Waals surface area (Å²) in [6.07, 6.45) is 4.64. The number of allylic oxidation sites excluding steroid dienone is 1. The van der Waals surface area contributed by atoms with E-state index in [-0.39, 0.29) is 11.6 Å². The van der Waals surface area contributed by atoms with Crippen LogP contribution in [0.5, 0.6) is 0 Å². The average Bonchev–Trinajstić information content (AvgIpc) is 2.80. The van der Waals surface area contributed by atoms with Crippen LogP contribution in [0.3, 0.4) is 0 Å². The Labute approximate surface area is 181 Å². The van der Waals surface area contributed by atoms with Gasteiger partial charge in [0.1, 0.15) is 17.4 Å². The minimum atomic E-state index is -4.47. The fraction of sp³-hybridized carbons (Fsp3) is 0.182. The van der Waals surface area contributed by atoms with Crippen LogP contribution in [0.15, 0.2) is 61.2 Å². The van der Waals surface area contributed by atoms with E-state index in [0.29, 0.717) is 23.6 Å². The SMILES string of the molecule is O=C(Nc1cnccc1C1=CCCCO1)c1ccnc(Nc2ccc(C(F)(F)F)cn2)c1. The number of amides is 1. The van der Waals surface area contributed by atoms with E-state index < -0.39 is 17.6 Å². The first kappa shape index (κ1) is 21.3. The predicted octanol–water partition coefficient (Wildman–Crippen LogP) is 5.04. The van der Waals surface area contributed by atoms with Crippen LogP contribution in [-0.2, 0) is 10.9 Å². The second-order valence-electron chi connectivity index (χ2n) is 6.92. The molecule has 1 amide bonds. The van der Waals surface area contributed by atoms with Gasteiger partial charge in [-0.25, -0.2) is 9.97 Å². The molecule has 4 heterocycles. The lowest BCUT2D eigenvalue weighted by molar-refractivity contribution is -0.137. The number of aromatic nitrogens is 3. The van der Waals surface area contributed by atoms with Crippen molar-refractivity contribution in [2.45, 2.75) is 19.0 Å². The molecule has 0 fully saturated rings. The minimum Gasteiger partial charge on any atom is -0.493 e. The average molecular weight is 441 g/mol. The van der Waals surface area contributed by atoms with E-state index in [1.807, 2.05) is 6.08 Å². The Kier molecular flexibility index (Phi) is 6.02. The fourth-order valence-corrected chi connectivity index (χ4v) is 3.06. The van der Waals surface area contributed by atoms with E-state index in [9.17, 15) is 18.0 Å². The van der Waals surface area contributed by atoms with E-state index in [0.717, 1.165) is 30.7 Å². The molecule has 0 bridgehead atoms. The summed E-state index contributed by atoms with van der Waals surface area (Å²) in [7, 11) is 0. The smallest absolute Gasteiger partial charge is 0.417 e. The van der Waals surface area contributed by atoms with Crippen molar-refractivity contribution in [1.29, 1.82) is 0 Å². The number of halogens is 3.